The molecule has 1 heterocycles. The molecule has 0 bridgehead atoms. The summed E-state index contributed by atoms with van der Waals surface area (Å²) in [5.41, 5.74) is 3.79. The summed E-state index contributed by atoms with van der Waals surface area (Å²) in [5.74, 6) is -0.657. The fraction of sp³-hybridized carbons (Fsp3) is 0.615. The standard InChI is InChI=1S/C26H40N2O3/c1-21-10-5-6-11-24(21)25-12-7-14-26(22(25)2,30-18-8-15-27(3)4)31-19-9-16-28-17-13-23(29)20-28/h5-7,10-12,14,22-23,29H,8-9,13,15-20H2,1-4H3/t22?,23-,26?/m1/s1. The SMILES string of the molecule is Cc1ccccc1C1=CC=CC(OCCCN(C)C)(OCCCN2CC[C@@H](O)C2)C1C. The van der Waals surface area contributed by atoms with E-state index in [2.05, 4.69) is 80.2 Å². The van der Waals surface area contributed by atoms with Crippen molar-refractivity contribution < 1.29 is 14.6 Å². The molecular weight excluding hydrogens is 388 g/mol. The molecule has 2 aliphatic rings. The highest BCUT2D eigenvalue weighted by Crippen LogP contribution is 2.40. The van der Waals surface area contributed by atoms with Crippen molar-refractivity contribution in [3.8, 4) is 0 Å². The van der Waals surface area contributed by atoms with Crippen LogP contribution in [0.3, 0.4) is 0 Å². The molecule has 1 aromatic carbocycles. The Balaban J connectivity index is 1.67. The van der Waals surface area contributed by atoms with Gasteiger partial charge >= 0.3 is 0 Å². The monoisotopic (exact) mass is 428 g/mol. The highest BCUT2D eigenvalue weighted by atomic mass is 16.7. The smallest absolute Gasteiger partial charge is 0.194 e. The molecule has 3 atom stereocenters. The third-order valence-electron chi connectivity index (χ3n) is 6.40. The van der Waals surface area contributed by atoms with E-state index >= 15 is 0 Å². The minimum atomic E-state index is -0.747. The zero-order chi connectivity index (χ0) is 22.3. The lowest BCUT2D eigenvalue weighted by Gasteiger charge is -2.40. The molecule has 0 aromatic heterocycles. The van der Waals surface area contributed by atoms with E-state index in [0.717, 1.165) is 45.4 Å². The Morgan fingerprint density at radius 2 is 1.90 bits per heavy atom. The zero-order valence-corrected chi connectivity index (χ0v) is 19.7. The molecule has 1 aromatic rings. The Morgan fingerprint density at radius 3 is 2.58 bits per heavy atom. The molecule has 1 saturated heterocycles. The van der Waals surface area contributed by atoms with Crippen molar-refractivity contribution in [2.24, 2.45) is 5.92 Å². The lowest BCUT2D eigenvalue weighted by atomic mass is 9.82. The summed E-state index contributed by atoms with van der Waals surface area (Å²) in [5, 5.41) is 9.74. The van der Waals surface area contributed by atoms with Crippen molar-refractivity contribution >= 4 is 5.57 Å². The molecule has 1 aliphatic heterocycles. The van der Waals surface area contributed by atoms with Crippen molar-refractivity contribution in [2.45, 2.75) is 45.0 Å². The molecule has 1 fully saturated rings. The number of aryl methyl sites for hydroxylation is 1. The van der Waals surface area contributed by atoms with Crippen molar-refractivity contribution in [3.63, 3.8) is 0 Å². The summed E-state index contributed by atoms with van der Waals surface area (Å²) in [6.07, 6.45) is 8.98. The molecule has 1 N–H and O–H groups in total. The van der Waals surface area contributed by atoms with Crippen LogP contribution in [0, 0.1) is 12.8 Å². The maximum atomic E-state index is 9.74. The first-order valence-electron chi connectivity index (χ1n) is 11.7. The van der Waals surface area contributed by atoms with E-state index < -0.39 is 5.79 Å². The topological polar surface area (TPSA) is 45.2 Å². The number of likely N-dealkylation sites (tertiary alicyclic amines) is 1. The average Bonchev–Trinajstić information content (AvgIpc) is 3.16. The fourth-order valence-electron chi connectivity index (χ4n) is 4.55. The van der Waals surface area contributed by atoms with Crippen molar-refractivity contribution in [1.82, 2.24) is 9.80 Å². The first-order valence-corrected chi connectivity index (χ1v) is 11.7. The van der Waals surface area contributed by atoms with E-state index in [9.17, 15) is 5.11 Å². The number of β-amino-alcohol motifs (C(OH)–C–C–N with tert-alkyl or cyclic N) is 1. The van der Waals surface area contributed by atoms with Crippen molar-refractivity contribution in [1.29, 1.82) is 0 Å². The highest BCUT2D eigenvalue weighted by molar-refractivity contribution is 5.73. The molecular formula is C26H40N2O3. The van der Waals surface area contributed by atoms with E-state index in [1.54, 1.807) is 0 Å². The average molecular weight is 429 g/mol. The number of benzene rings is 1. The Kier molecular flexibility index (Phi) is 8.87. The van der Waals surface area contributed by atoms with Gasteiger partial charge in [-0.15, -0.1) is 0 Å². The quantitative estimate of drug-likeness (QED) is 0.430. The predicted octanol–water partition coefficient (Wildman–Crippen LogP) is 3.72. The molecule has 0 spiro atoms. The van der Waals surface area contributed by atoms with Gasteiger partial charge in [-0.2, -0.15) is 0 Å². The molecule has 3 rings (SSSR count). The van der Waals surface area contributed by atoms with Gasteiger partial charge in [0.25, 0.3) is 0 Å². The fourth-order valence-corrected chi connectivity index (χ4v) is 4.55. The summed E-state index contributed by atoms with van der Waals surface area (Å²) in [6.45, 7) is 9.36. The summed E-state index contributed by atoms with van der Waals surface area (Å²) in [6, 6.07) is 8.52. The van der Waals surface area contributed by atoms with Crippen LogP contribution in [0.4, 0.5) is 0 Å². The Morgan fingerprint density at radius 1 is 1.16 bits per heavy atom. The zero-order valence-electron chi connectivity index (χ0n) is 19.7. The van der Waals surface area contributed by atoms with Crippen LogP contribution in [-0.2, 0) is 9.47 Å². The Hall–Kier alpha value is -1.50. The normalized spacial score (nSPS) is 26.6. The number of aliphatic hydroxyl groups excluding tert-OH is 1. The predicted molar refractivity (Wildman–Crippen MR) is 127 cm³/mol. The second-order valence-electron chi connectivity index (χ2n) is 9.19. The van der Waals surface area contributed by atoms with Gasteiger partial charge in [0, 0.05) is 25.6 Å². The second kappa shape index (κ2) is 11.4. The van der Waals surface area contributed by atoms with Gasteiger partial charge in [0.15, 0.2) is 5.79 Å². The minimum Gasteiger partial charge on any atom is -0.392 e. The van der Waals surface area contributed by atoms with Crippen LogP contribution in [0.5, 0.6) is 0 Å². The molecule has 2 unspecified atom stereocenters. The van der Waals surface area contributed by atoms with Crippen molar-refractivity contribution in [3.05, 3.63) is 53.6 Å². The molecule has 172 valence electrons. The molecule has 0 amide bonds. The number of ether oxygens (including phenoxy) is 2. The van der Waals surface area contributed by atoms with Gasteiger partial charge in [-0.3, -0.25) is 0 Å². The first kappa shape index (κ1) is 24.1. The van der Waals surface area contributed by atoms with Crippen LogP contribution in [-0.4, -0.2) is 80.3 Å². The van der Waals surface area contributed by atoms with Crippen LogP contribution < -0.4 is 0 Å². The third kappa shape index (κ3) is 6.50. The highest BCUT2D eigenvalue weighted by Gasteiger charge is 2.40. The number of nitrogens with zero attached hydrogens (tertiary/aromatic N) is 2. The van der Waals surface area contributed by atoms with Crippen LogP contribution in [0.2, 0.25) is 0 Å². The maximum Gasteiger partial charge on any atom is 0.194 e. The molecule has 5 nitrogen and oxygen atoms in total. The number of hydrogen-bond donors (Lipinski definition) is 1. The first-order chi connectivity index (χ1) is 14.9. The van der Waals surface area contributed by atoms with Gasteiger partial charge in [-0.1, -0.05) is 43.3 Å². The largest absolute Gasteiger partial charge is 0.392 e. The molecule has 5 heteroatoms. The van der Waals surface area contributed by atoms with Crippen LogP contribution in [0.25, 0.3) is 5.57 Å². The van der Waals surface area contributed by atoms with Crippen LogP contribution in [0.1, 0.15) is 37.3 Å². The number of hydrogen-bond acceptors (Lipinski definition) is 5. The maximum absolute atomic E-state index is 9.74. The van der Waals surface area contributed by atoms with Crippen molar-refractivity contribution in [2.75, 3.05) is 53.5 Å². The van der Waals surface area contributed by atoms with Gasteiger partial charge in [-0.25, -0.2) is 0 Å². The van der Waals surface area contributed by atoms with E-state index in [4.69, 9.17) is 9.47 Å². The summed E-state index contributed by atoms with van der Waals surface area (Å²) in [4.78, 5) is 4.50. The van der Waals surface area contributed by atoms with Gasteiger partial charge in [0.05, 0.1) is 19.3 Å². The molecule has 0 saturated carbocycles. The summed E-state index contributed by atoms with van der Waals surface area (Å²) in [7, 11) is 4.17. The van der Waals surface area contributed by atoms with E-state index in [1.165, 1.54) is 16.7 Å². The van der Waals surface area contributed by atoms with Gasteiger partial charge in [-0.05, 0) is 69.6 Å². The number of rotatable bonds is 11. The van der Waals surface area contributed by atoms with Gasteiger partial charge in [0.2, 0.25) is 0 Å². The van der Waals surface area contributed by atoms with E-state index in [0.29, 0.717) is 13.2 Å². The summed E-state index contributed by atoms with van der Waals surface area (Å²) >= 11 is 0. The Bertz CT molecular complexity index is 761. The molecule has 1 aliphatic carbocycles. The Labute approximate surface area is 188 Å². The summed E-state index contributed by atoms with van der Waals surface area (Å²) < 4.78 is 13.0. The molecule has 0 radical (unpaired) electrons. The lowest BCUT2D eigenvalue weighted by molar-refractivity contribution is -0.223. The number of allylic oxidation sites excluding steroid dienone is 2. The minimum absolute atomic E-state index is 0.0894. The second-order valence-corrected chi connectivity index (χ2v) is 9.19. The third-order valence-corrected chi connectivity index (χ3v) is 6.40. The lowest BCUT2D eigenvalue weighted by Crippen LogP contribution is -2.43. The van der Waals surface area contributed by atoms with Crippen LogP contribution >= 0.6 is 0 Å². The number of aliphatic hydroxyl groups is 1. The molecule has 31 heavy (non-hydrogen) atoms. The van der Waals surface area contributed by atoms with E-state index in [1.807, 2.05) is 0 Å². The van der Waals surface area contributed by atoms with Gasteiger partial charge < -0.3 is 24.4 Å². The van der Waals surface area contributed by atoms with Crippen LogP contribution in [0.15, 0.2) is 42.5 Å². The van der Waals surface area contributed by atoms with Gasteiger partial charge in [0.1, 0.15) is 0 Å². The van der Waals surface area contributed by atoms with E-state index in [-0.39, 0.29) is 12.0 Å².